The number of aliphatic hydroxyl groups excluding tert-OH is 1. The molecule has 4 rings (SSSR count). The summed E-state index contributed by atoms with van der Waals surface area (Å²) < 4.78 is 0. The van der Waals surface area contributed by atoms with Crippen LogP contribution in [0.25, 0.3) is 0 Å². The molecule has 4 N–H and O–H groups in total. The predicted molar refractivity (Wildman–Crippen MR) is 98.6 cm³/mol. The molecule has 4 saturated carbocycles. The molecule has 0 heterocycles. The molecule has 0 aromatic heterocycles. The number of nitrogens with one attached hydrogen (secondary N) is 1. The fourth-order valence-corrected chi connectivity index (χ4v) is 7.83. The van der Waals surface area contributed by atoms with E-state index in [-0.39, 0.29) is 6.10 Å². The van der Waals surface area contributed by atoms with E-state index in [0.29, 0.717) is 16.9 Å². The van der Waals surface area contributed by atoms with Gasteiger partial charge in [0.25, 0.3) is 0 Å². The van der Waals surface area contributed by atoms with Crippen molar-refractivity contribution in [2.45, 2.75) is 83.8 Å². The molecule has 4 fully saturated rings. The number of hydrogen-bond acceptors (Lipinski definition) is 3. The van der Waals surface area contributed by atoms with Crippen LogP contribution in [0.15, 0.2) is 0 Å². The van der Waals surface area contributed by atoms with E-state index in [1.54, 1.807) is 0 Å². The van der Waals surface area contributed by atoms with Gasteiger partial charge in [0.05, 0.1) is 6.10 Å². The quantitative estimate of drug-likeness (QED) is 0.742. The number of nitrogens with two attached hydrogens (primary N) is 1. The molecule has 0 aromatic rings. The Morgan fingerprint density at radius 3 is 2.50 bits per heavy atom. The van der Waals surface area contributed by atoms with Gasteiger partial charge in [0.1, 0.15) is 0 Å². The molecule has 0 aliphatic heterocycles. The Labute approximate surface area is 148 Å². The van der Waals surface area contributed by atoms with Gasteiger partial charge in [0.2, 0.25) is 0 Å². The van der Waals surface area contributed by atoms with Crippen molar-refractivity contribution < 1.29 is 5.11 Å². The van der Waals surface area contributed by atoms with Crippen LogP contribution in [0.2, 0.25) is 0 Å². The lowest BCUT2D eigenvalue weighted by molar-refractivity contribution is -0.123. The third-order valence-corrected chi connectivity index (χ3v) is 9.17. The van der Waals surface area contributed by atoms with Crippen LogP contribution in [0.3, 0.4) is 0 Å². The molecule has 3 nitrogen and oxygen atoms in total. The average Bonchev–Trinajstić information content (AvgIpc) is 2.90. The normalized spacial score (nSPS) is 54.0. The molecular formula is C21H38N2O. The highest BCUT2D eigenvalue weighted by Gasteiger charge is 2.59. The maximum Gasteiger partial charge on any atom is 0.0543 e. The zero-order valence-electron chi connectivity index (χ0n) is 15.8. The van der Waals surface area contributed by atoms with Gasteiger partial charge in [-0.05, 0) is 92.3 Å². The second-order valence-corrected chi connectivity index (χ2v) is 10.0. The first-order chi connectivity index (χ1) is 11.5. The monoisotopic (exact) mass is 334 g/mol. The third-order valence-electron chi connectivity index (χ3n) is 9.17. The van der Waals surface area contributed by atoms with Gasteiger partial charge in [0.15, 0.2) is 0 Å². The summed E-state index contributed by atoms with van der Waals surface area (Å²) in [7, 11) is 0. The second-order valence-electron chi connectivity index (χ2n) is 10.0. The summed E-state index contributed by atoms with van der Waals surface area (Å²) in [6.07, 6.45) is 11.7. The highest BCUT2D eigenvalue weighted by Crippen LogP contribution is 2.66. The van der Waals surface area contributed by atoms with Crippen molar-refractivity contribution in [3.63, 3.8) is 0 Å². The summed E-state index contributed by atoms with van der Waals surface area (Å²) in [6.45, 7) is 6.89. The van der Waals surface area contributed by atoms with Crippen molar-refractivity contribution in [3.05, 3.63) is 0 Å². The minimum absolute atomic E-state index is 0.0233. The van der Waals surface area contributed by atoms with Crippen LogP contribution >= 0.6 is 0 Å². The Balaban J connectivity index is 1.54. The van der Waals surface area contributed by atoms with Gasteiger partial charge in [-0.15, -0.1) is 0 Å². The molecule has 0 bridgehead atoms. The van der Waals surface area contributed by atoms with Crippen molar-refractivity contribution in [1.82, 2.24) is 5.32 Å². The maximum absolute atomic E-state index is 10.1. The molecule has 3 heteroatoms. The van der Waals surface area contributed by atoms with Crippen LogP contribution in [-0.2, 0) is 0 Å². The van der Waals surface area contributed by atoms with Crippen molar-refractivity contribution in [3.8, 4) is 0 Å². The van der Waals surface area contributed by atoms with Crippen molar-refractivity contribution in [2.75, 3.05) is 13.1 Å². The molecule has 8 atom stereocenters. The number of fused-ring (bicyclic) bond motifs is 5. The Morgan fingerprint density at radius 2 is 1.71 bits per heavy atom. The van der Waals surface area contributed by atoms with Gasteiger partial charge in [-0.1, -0.05) is 13.8 Å². The van der Waals surface area contributed by atoms with E-state index in [9.17, 15) is 5.11 Å². The minimum Gasteiger partial charge on any atom is -0.393 e. The Morgan fingerprint density at radius 1 is 0.958 bits per heavy atom. The van der Waals surface area contributed by atoms with Crippen LogP contribution < -0.4 is 11.1 Å². The van der Waals surface area contributed by atoms with Gasteiger partial charge >= 0.3 is 0 Å². The lowest BCUT2D eigenvalue weighted by Crippen LogP contribution is -2.56. The topological polar surface area (TPSA) is 58.3 Å². The van der Waals surface area contributed by atoms with Crippen molar-refractivity contribution >= 4 is 0 Å². The summed E-state index contributed by atoms with van der Waals surface area (Å²) in [5.41, 5.74) is 6.74. The van der Waals surface area contributed by atoms with E-state index >= 15 is 0 Å². The Bertz CT molecular complexity index is 469. The van der Waals surface area contributed by atoms with E-state index < -0.39 is 0 Å². The van der Waals surface area contributed by atoms with Gasteiger partial charge in [-0.25, -0.2) is 0 Å². The summed E-state index contributed by atoms with van der Waals surface area (Å²) in [5, 5.41) is 13.9. The average molecular weight is 335 g/mol. The number of hydrogen-bond donors (Lipinski definition) is 3. The molecule has 0 radical (unpaired) electrons. The summed E-state index contributed by atoms with van der Waals surface area (Å²) >= 11 is 0. The molecule has 0 saturated heterocycles. The van der Waals surface area contributed by atoms with Crippen LogP contribution in [-0.4, -0.2) is 30.3 Å². The van der Waals surface area contributed by atoms with Crippen LogP contribution in [0.1, 0.15) is 71.6 Å². The highest BCUT2D eigenvalue weighted by atomic mass is 16.3. The molecule has 0 aromatic carbocycles. The Kier molecular flexibility index (Phi) is 4.50. The largest absolute Gasteiger partial charge is 0.393 e. The maximum atomic E-state index is 10.1. The number of aliphatic hydroxyl groups is 1. The molecule has 0 spiro atoms. The summed E-state index contributed by atoms with van der Waals surface area (Å²) in [5.74, 6) is 3.54. The Hall–Kier alpha value is -0.120. The minimum atomic E-state index is -0.0233. The highest BCUT2D eigenvalue weighted by molar-refractivity contribution is 5.10. The first-order valence-electron chi connectivity index (χ1n) is 10.6. The zero-order chi connectivity index (χ0) is 16.9. The molecule has 4 aliphatic rings. The van der Waals surface area contributed by atoms with Crippen molar-refractivity contribution in [2.24, 2.45) is 40.2 Å². The first-order valence-corrected chi connectivity index (χ1v) is 10.6. The zero-order valence-corrected chi connectivity index (χ0v) is 15.8. The second kappa shape index (κ2) is 6.25. The fourth-order valence-electron chi connectivity index (χ4n) is 7.83. The summed E-state index contributed by atoms with van der Waals surface area (Å²) in [4.78, 5) is 0. The van der Waals surface area contributed by atoms with Gasteiger partial charge in [-0.2, -0.15) is 0 Å². The summed E-state index contributed by atoms with van der Waals surface area (Å²) in [6, 6.07) is 0.686. The van der Waals surface area contributed by atoms with E-state index in [4.69, 9.17) is 5.73 Å². The predicted octanol–water partition coefficient (Wildman–Crippen LogP) is 3.31. The lowest BCUT2D eigenvalue weighted by atomic mass is 9.45. The van der Waals surface area contributed by atoms with Gasteiger partial charge in [-0.3, -0.25) is 0 Å². The standard InChI is InChI=1S/C21H38N2O/c1-20-9-7-15(24)13-14(20)3-4-16-17-5-6-19(23-12-11-22)21(17,2)10-8-18(16)20/h14-19,23-24H,3-13,22H2,1-2H3/t14-,15+,16-,17+,18-,19-,20+,21+/m0/s1. The number of rotatable bonds is 3. The van der Waals surface area contributed by atoms with Gasteiger partial charge in [0, 0.05) is 19.1 Å². The fraction of sp³-hybridized carbons (Fsp3) is 1.00. The van der Waals surface area contributed by atoms with Crippen molar-refractivity contribution in [1.29, 1.82) is 0 Å². The molecule has 4 aliphatic carbocycles. The van der Waals surface area contributed by atoms with E-state index in [1.807, 2.05) is 0 Å². The van der Waals surface area contributed by atoms with Gasteiger partial charge < -0.3 is 16.2 Å². The lowest BCUT2D eigenvalue weighted by Gasteiger charge is -2.61. The van der Waals surface area contributed by atoms with Crippen LogP contribution in [0.5, 0.6) is 0 Å². The van der Waals surface area contributed by atoms with E-state index in [1.165, 1.54) is 44.9 Å². The molecular weight excluding hydrogens is 296 g/mol. The molecule has 0 amide bonds. The van der Waals surface area contributed by atoms with Crippen LogP contribution in [0, 0.1) is 34.5 Å². The van der Waals surface area contributed by atoms with E-state index in [0.717, 1.165) is 49.6 Å². The molecule has 0 unspecified atom stereocenters. The van der Waals surface area contributed by atoms with Crippen LogP contribution in [0.4, 0.5) is 0 Å². The SMILES string of the molecule is C[C@@]12CC[C@H]3[C@@H](CC[C@H]4C[C@H](O)CC[C@]43C)[C@H]1CC[C@@H]2NCCN. The first kappa shape index (κ1) is 17.3. The third kappa shape index (κ3) is 2.49. The molecule has 138 valence electrons. The smallest absolute Gasteiger partial charge is 0.0543 e. The molecule has 24 heavy (non-hydrogen) atoms. The van der Waals surface area contributed by atoms with E-state index in [2.05, 4.69) is 19.2 Å².